The number of carboxylic acid groups (broad SMARTS) is 1. The third-order valence-electron chi connectivity index (χ3n) is 2.79. The summed E-state index contributed by atoms with van der Waals surface area (Å²) in [6.45, 7) is 3.38. The van der Waals surface area contributed by atoms with E-state index < -0.39 is 21.3 Å². The average molecular weight is 317 g/mol. The maximum atomic E-state index is 11.3. The highest BCUT2D eigenvalue weighted by molar-refractivity contribution is 8.00. The lowest BCUT2D eigenvalue weighted by Gasteiger charge is -2.23. The van der Waals surface area contributed by atoms with E-state index in [4.69, 9.17) is 10.8 Å². The molecular weight excluding hydrogens is 298 g/mol. The molecular formula is C13H19NO4S2. The first-order chi connectivity index (χ1) is 9.02. The first-order valence-electron chi connectivity index (χ1n) is 6.01. The van der Waals surface area contributed by atoms with Gasteiger partial charge in [0, 0.05) is 16.4 Å². The molecule has 2 unspecified atom stereocenters. The van der Waals surface area contributed by atoms with Gasteiger partial charge in [0.25, 0.3) is 0 Å². The van der Waals surface area contributed by atoms with E-state index in [0.29, 0.717) is 6.42 Å². The molecule has 0 amide bonds. The fourth-order valence-electron chi connectivity index (χ4n) is 1.72. The topological polar surface area (TPSA) is 97.5 Å². The molecule has 0 aromatic heterocycles. The largest absolute Gasteiger partial charge is 0.480 e. The molecule has 0 aliphatic rings. The van der Waals surface area contributed by atoms with Crippen molar-refractivity contribution in [3.05, 3.63) is 24.3 Å². The standard InChI is InChI=1S/C13H19NO4S2/c1-9(8-13(2,14)12(15)16)19-10-4-6-11(7-5-10)20(3,17)18/h4-7,9H,8,14H2,1-3H3,(H,15,16). The second kappa shape index (κ2) is 6.15. The smallest absolute Gasteiger partial charge is 0.323 e. The molecule has 0 radical (unpaired) electrons. The number of aliphatic carboxylic acids is 1. The lowest BCUT2D eigenvalue weighted by Crippen LogP contribution is -2.46. The Kier molecular flexibility index (Phi) is 5.23. The van der Waals surface area contributed by atoms with Crippen LogP contribution >= 0.6 is 11.8 Å². The number of carboxylic acids is 1. The summed E-state index contributed by atoms with van der Waals surface area (Å²) in [6.07, 6.45) is 1.48. The van der Waals surface area contributed by atoms with Crippen LogP contribution in [0.25, 0.3) is 0 Å². The van der Waals surface area contributed by atoms with Crippen LogP contribution in [0.15, 0.2) is 34.1 Å². The molecule has 0 aliphatic carbocycles. The SMILES string of the molecule is CC(CC(C)(N)C(=O)O)Sc1ccc(S(C)(=O)=O)cc1. The van der Waals surface area contributed by atoms with Gasteiger partial charge in [0.2, 0.25) is 0 Å². The number of sulfone groups is 1. The number of hydrogen-bond acceptors (Lipinski definition) is 5. The molecule has 7 heteroatoms. The number of rotatable bonds is 6. The predicted octanol–water partition coefficient (Wildman–Crippen LogP) is 1.76. The maximum absolute atomic E-state index is 11.3. The molecule has 0 fully saturated rings. The Morgan fingerprint density at radius 1 is 1.40 bits per heavy atom. The molecule has 2 atom stereocenters. The average Bonchev–Trinajstić information content (AvgIpc) is 2.27. The summed E-state index contributed by atoms with van der Waals surface area (Å²) in [6, 6.07) is 6.52. The van der Waals surface area contributed by atoms with Crippen LogP contribution in [0.2, 0.25) is 0 Å². The van der Waals surface area contributed by atoms with E-state index in [1.165, 1.54) is 18.7 Å². The van der Waals surface area contributed by atoms with Gasteiger partial charge < -0.3 is 10.8 Å². The van der Waals surface area contributed by atoms with E-state index >= 15 is 0 Å². The van der Waals surface area contributed by atoms with Crippen LogP contribution in [-0.4, -0.2) is 36.5 Å². The fraction of sp³-hybridized carbons (Fsp3) is 0.462. The number of carbonyl (C=O) groups is 1. The molecule has 1 rings (SSSR count). The zero-order chi connectivity index (χ0) is 15.6. The van der Waals surface area contributed by atoms with Crippen molar-refractivity contribution in [3.63, 3.8) is 0 Å². The molecule has 0 saturated heterocycles. The van der Waals surface area contributed by atoms with Gasteiger partial charge in [-0.05, 0) is 37.6 Å². The van der Waals surface area contributed by atoms with Crippen molar-refractivity contribution in [1.29, 1.82) is 0 Å². The van der Waals surface area contributed by atoms with Crippen molar-refractivity contribution in [1.82, 2.24) is 0 Å². The highest BCUT2D eigenvalue weighted by Crippen LogP contribution is 2.28. The van der Waals surface area contributed by atoms with Gasteiger partial charge in [-0.25, -0.2) is 8.42 Å². The Morgan fingerprint density at radius 3 is 2.30 bits per heavy atom. The van der Waals surface area contributed by atoms with Gasteiger partial charge in [0.1, 0.15) is 5.54 Å². The van der Waals surface area contributed by atoms with E-state index in [9.17, 15) is 13.2 Å². The minimum atomic E-state index is -3.20. The summed E-state index contributed by atoms with van der Waals surface area (Å²) in [4.78, 5) is 12.1. The molecule has 0 bridgehead atoms. The van der Waals surface area contributed by atoms with Crippen LogP contribution in [0.5, 0.6) is 0 Å². The van der Waals surface area contributed by atoms with Gasteiger partial charge in [0.15, 0.2) is 9.84 Å². The second-order valence-electron chi connectivity index (χ2n) is 5.10. The highest BCUT2D eigenvalue weighted by Gasteiger charge is 2.30. The summed E-state index contributed by atoms with van der Waals surface area (Å²) in [5.41, 5.74) is 4.44. The van der Waals surface area contributed by atoms with Crippen LogP contribution < -0.4 is 5.73 Å². The van der Waals surface area contributed by atoms with Crippen LogP contribution in [-0.2, 0) is 14.6 Å². The van der Waals surface area contributed by atoms with E-state index in [2.05, 4.69) is 0 Å². The Hall–Kier alpha value is -1.05. The van der Waals surface area contributed by atoms with Gasteiger partial charge >= 0.3 is 5.97 Å². The molecule has 0 saturated carbocycles. The number of thioether (sulfide) groups is 1. The number of nitrogens with two attached hydrogens (primary N) is 1. The van der Waals surface area contributed by atoms with E-state index in [-0.39, 0.29) is 10.1 Å². The summed E-state index contributed by atoms with van der Waals surface area (Å²) in [7, 11) is -3.20. The Labute approximate surface area is 123 Å². The Bertz CT molecular complexity index is 579. The Morgan fingerprint density at radius 2 is 1.90 bits per heavy atom. The van der Waals surface area contributed by atoms with Gasteiger partial charge in [-0.15, -0.1) is 11.8 Å². The molecule has 0 spiro atoms. The normalized spacial score (nSPS) is 16.4. The lowest BCUT2D eigenvalue weighted by molar-refractivity contribution is -0.142. The van der Waals surface area contributed by atoms with Crippen molar-refractivity contribution in [2.45, 2.75) is 40.8 Å². The minimum Gasteiger partial charge on any atom is -0.480 e. The number of benzene rings is 1. The fourth-order valence-corrected chi connectivity index (χ4v) is 3.54. The summed E-state index contributed by atoms with van der Waals surface area (Å²) in [5.74, 6) is -1.03. The zero-order valence-electron chi connectivity index (χ0n) is 11.7. The van der Waals surface area contributed by atoms with Crippen molar-refractivity contribution in [2.75, 3.05) is 6.26 Å². The molecule has 20 heavy (non-hydrogen) atoms. The van der Waals surface area contributed by atoms with E-state index in [1.54, 1.807) is 24.3 Å². The van der Waals surface area contributed by atoms with Crippen molar-refractivity contribution in [3.8, 4) is 0 Å². The first kappa shape index (κ1) is 17.0. The zero-order valence-corrected chi connectivity index (χ0v) is 13.3. The molecule has 3 N–H and O–H groups in total. The van der Waals surface area contributed by atoms with Crippen LogP contribution in [0.3, 0.4) is 0 Å². The summed E-state index contributed by atoms with van der Waals surface area (Å²) in [5, 5.41) is 8.99. The third-order valence-corrected chi connectivity index (χ3v) is 5.03. The molecule has 1 aromatic rings. The summed E-state index contributed by atoms with van der Waals surface area (Å²) < 4.78 is 22.7. The van der Waals surface area contributed by atoms with Gasteiger partial charge in [-0.2, -0.15) is 0 Å². The molecule has 5 nitrogen and oxygen atoms in total. The number of hydrogen-bond donors (Lipinski definition) is 2. The van der Waals surface area contributed by atoms with Crippen molar-refractivity contribution < 1.29 is 18.3 Å². The first-order valence-corrected chi connectivity index (χ1v) is 8.78. The molecule has 0 heterocycles. The van der Waals surface area contributed by atoms with Crippen molar-refractivity contribution in [2.24, 2.45) is 5.73 Å². The van der Waals surface area contributed by atoms with Gasteiger partial charge in [0.05, 0.1) is 4.90 Å². The van der Waals surface area contributed by atoms with Gasteiger partial charge in [-0.1, -0.05) is 6.92 Å². The van der Waals surface area contributed by atoms with Gasteiger partial charge in [-0.3, -0.25) is 4.79 Å². The molecule has 112 valence electrons. The maximum Gasteiger partial charge on any atom is 0.323 e. The summed E-state index contributed by atoms with van der Waals surface area (Å²) >= 11 is 1.47. The van der Waals surface area contributed by atoms with Crippen LogP contribution in [0.1, 0.15) is 20.3 Å². The molecule has 0 aliphatic heterocycles. The third kappa shape index (κ3) is 4.81. The second-order valence-corrected chi connectivity index (χ2v) is 8.63. The lowest BCUT2D eigenvalue weighted by atomic mass is 9.98. The predicted molar refractivity (Wildman–Crippen MR) is 79.7 cm³/mol. The Balaban J connectivity index is 2.72. The quantitative estimate of drug-likeness (QED) is 0.776. The van der Waals surface area contributed by atoms with E-state index in [0.717, 1.165) is 11.2 Å². The molecule has 1 aromatic carbocycles. The van der Waals surface area contributed by atoms with Crippen LogP contribution in [0.4, 0.5) is 0 Å². The van der Waals surface area contributed by atoms with E-state index in [1.807, 2.05) is 6.92 Å². The van der Waals surface area contributed by atoms with Crippen LogP contribution in [0, 0.1) is 0 Å². The van der Waals surface area contributed by atoms with Crippen molar-refractivity contribution >= 4 is 27.6 Å². The minimum absolute atomic E-state index is 0.00480. The monoisotopic (exact) mass is 317 g/mol. The highest BCUT2D eigenvalue weighted by atomic mass is 32.2.